The third-order valence-corrected chi connectivity index (χ3v) is 1.94. The Hall–Kier alpha value is -0.690. The van der Waals surface area contributed by atoms with Crippen molar-refractivity contribution in [2.45, 2.75) is 33.2 Å². The second kappa shape index (κ2) is 3.59. The van der Waals surface area contributed by atoms with Gasteiger partial charge in [-0.2, -0.15) is 0 Å². The number of rotatable bonds is 1. The summed E-state index contributed by atoms with van der Waals surface area (Å²) in [6.45, 7) is 8.47. The summed E-state index contributed by atoms with van der Waals surface area (Å²) in [5.41, 5.74) is 2.41. The quantitative estimate of drug-likeness (QED) is 0.721. The summed E-state index contributed by atoms with van der Waals surface area (Å²) in [7, 11) is 0. The van der Waals surface area contributed by atoms with Crippen molar-refractivity contribution in [2.24, 2.45) is 0 Å². The van der Waals surface area contributed by atoms with E-state index in [-0.39, 0.29) is 5.54 Å². The van der Waals surface area contributed by atoms with Crippen LogP contribution in [0.5, 0.6) is 0 Å². The van der Waals surface area contributed by atoms with Crippen molar-refractivity contribution in [2.75, 3.05) is 5.32 Å². The largest absolute Gasteiger partial charge is 0.380 e. The highest BCUT2D eigenvalue weighted by Gasteiger charge is 2.10. The van der Waals surface area contributed by atoms with Crippen LogP contribution in [0, 0.1) is 6.92 Å². The van der Waals surface area contributed by atoms with Gasteiger partial charge in [0.15, 0.2) is 0 Å². The highest BCUT2D eigenvalue weighted by molar-refractivity contribution is 6.30. The maximum Gasteiger partial charge on any atom is 0.0426 e. The van der Waals surface area contributed by atoms with Crippen LogP contribution in [-0.4, -0.2) is 5.54 Å². The molecule has 0 fully saturated rings. The molecular formula is C11H16ClN. The summed E-state index contributed by atoms with van der Waals surface area (Å²) in [6, 6.07) is 5.89. The minimum atomic E-state index is 0.0788. The van der Waals surface area contributed by atoms with Crippen LogP contribution in [0.2, 0.25) is 5.02 Å². The van der Waals surface area contributed by atoms with Gasteiger partial charge in [-0.25, -0.2) is 0 Å². The Bertz CT molecular complexity index is 299. The molecule has 1 rings (SSSR count). The third kappa shape index (κ3) is 3.27. The van der Waals surface area contributed by atoms with Gasteiger partial charge in [0.2, 0.25) is 0 Å². The molecule has 2 heteroatoms. The van der Waals surface area contributed by atoms with Gasteiger partial charge < -0.3 is 5.32 Å². The lowest BCUT2D eigenvalue weighted by molar-refractivity contribution is 0.633. The summed E-state index contributed by atoms with van der Waals surface area (Å²) in [6.07, 6.45) is 0. The van der Waals surface area contributed by atoms with E-state index in [1.54, 1.807) is 0 Å². The van der Waals surface area contributed by atoms with Crippen molar-refractivity contribution in [3.8, 4) is 0 Å². The first-order chi connectivity index (χ1) is 5.88. The van der Waals surface area contributed by atoms with Gasteiger partial charge in [0.05, 0.1) is 0 Å². The maximum absolute atomic E-state index is 5.91. The van der Waals surface area contributed by atoms with Gasteiger partial charge in [-0.3, -0.25) is 0 Å². The van der Waals surface area contributed by atoms with E-state index >= 15 is 0 Å². The first kappa shape index (κ1) is 10.4. The van der Waals surface area contributed by atoms with Crippen LogP contribution in [0.4, 0.5) is 5.69 Å². The molecular weight excluding hydrogens is 182 g/mol. The van der Waals surface area contributed by atoms with E-state index in [2.05, 4.69) is 33.0 Å². The summed E-state index contributed by atoms with van der Waals surface area (Å²) in [4.78, 5) is 0. The first-order valence-corrected chi connectivity index (χ1v) is 4.80. The molecule has 72 valence electrons. The van der Waals surface area contributed by atoms with Gasteiger partial charge in [0, 0.05) is 16.2 Å². The molecule has 13 heavy (non-hydrogen) atoms. The van der Waals surface area contributed by atoms with Gasteiger partial charge in [-0.05, 0) is 45.4 Å². The lowest BCUT2D eigenvalue weighted by atomic mass is 10.1. The standard InChI is InChI=1S/C11H16ClN/c1-8-5-6-9(12)7-10(8)13-11(2,3)4/h5-7,13H,1-4H3. The second-order valence-electron chi connectivity index (χ2n) is 4.33. The summed E-state index contributed by atoms with van der Waals surface area (Å²) < 4.78 is 0. The smallest absolute Gasteiger partial charge is 0.0426 e. The Balaban J connectivity index is 2.94. The van der Waals surface area contributed by atoms with Crippen molar-refractivity contribution in [1.82, 2.24) is 0 Å². The molecule has 1 aromatic rings. The molecule has 1 N–H and O–H groups in total. The molecule has 0 aromatic heterocycles. The van der Waals surface area contributed by atoms with E-state index in [0.717, 1.165) is 10.7 Å². The molecule has 0 aliphatic heterocycles. The van der Waals surface area contributed by atoms with Crippen LogP contribution in [0.15, 0.2) is 18.2 Å². The third-order valence-electron chi connectivity index (χ3n) is 1.71. The Morgan fingerprint density at radius 1 is 1.23 bits per heavy atom. The SMILES string of the molecule is Cc1ccc(Cl)cc1NC(C)(C)C. The van der Waals surface area contributed by atoms with Crippen LogP contribution in [0.25, 0.3) is 0 Å². The van der Waals surface area contributed by atoms with Crippen molar-refractivity contribution in [1.29, 1.82) is 0 Å². The molecule has 1 nitrogen and oxygen atoms in total. The van der Waals surface area contributed by atoms with Crippen LogP contribution in [0.1, 0.15) is 26.3 Å². The van der Waals surface area contributed by atoms with Crippen molar-refractivity contribution >= 4 is 17.3 Å². The summed E-state index contributed by atoms with van der Waals surface area (Å²) >= 11 is 5.91. The molecule has 0 aliphatic rings. The molecule has 0 spiro atoms. The zero-order valence-electron chi connectivity index (χ0n) is 8.61. The topological polar surface area (TPSA) is 12.0 Å². The minimum Gasteiger partial charge on any atom is -0.380 e. The predicted molar refractivity (Wildman–Crippen MR) is 59.6 cm³/mol. The lowest BCUT2D eigenvalue weighted by Crippen LogP contribution is -2.26. The molecule has 0 radical (unpaired) electrons. The van der Waals surface area contributed by atoms with E-state index < -0.39 is 0 Å². The Morgan fingerprint density at radius 3 is 2.38 bits per heavy atom. The fourth-order valence-electron chi connectivity index (χ4n) is 1.13. The fraction of sp³-hybridized carbons (Fsp3) is 0.455. The molecule has 0 saturated carbocycles. The van der Waals surface area contributed by atoms with Crippen LogP contribution < -0.4 is 5.32 Å². The Kier molecular flexibility index (Phi) is 2.87. The Labute approximate surface area is 85.1 Å². The zero-order valence-corrected chi connectivity index (χ0v) is 9.37. The van der Waals surface area contributed by atoms with E-state index in [1.807, 2.05) is 18.2 Å². The number of benzene rings is 1. The highest BCUT2D eigenvalue weighted by atomic mass is 35.5. The molecule has 0 bridgehead atoms. The Morgan fingerprint density at radius 2 is 1.85 bits per heavy atom. The van der Waals surface area contributed by atoms with E-state index in [1.165, 1.54) is 5.56 Å². The zero-order chi connectivity index (χ0) is 10.1. The van der Waals surface area contributed by atoms with Gasteiger partial charge in [0.1, 0.15) is 0 Å². The number of halogens is 1. The van der Waals surface area contributed by atoms with Gasteiger partial charge in [-0.1, -0.05) is 17.7 Å². The second-order valence-corrected chi connectivity index (χ2v) is 4.77. The summed E-state index contributed by atoms with van der Waals surface area (Å²) in [5, 5.41) is 4.18. The molecule has 0 amide bonds. The fourth-order valence-corrected chi connectivity index (χ4v) is 1.31. The first-order valence-electron chi connectivity index (χ1n) is 4.43. The molecule has 0 aliphatic carbocycles. The predicted octanol–water partition coefficient (Wildman–Crippen LogP) is 3.86. The van der Waals surface area contributed by atoms with E-state index in [4.69, 9.17) is 11.6 Å². The van der Waals surface area contributed by atoms with Crippen LogP contribution in [0.3, 0.4) is 0 Å². The molecule has 0 saturated heterocycles. The number of hydrogen-bond donors (Lipinski definition) is 1. The lowest BCUT2D eigenvalue weighted by Gasteiger charge is -2.23. The van der Waals surface area contributed by atoms with Crippen molar-refractivity contribution in [3.05, 3.63) is 28.8 Å². The molecule has 1 aromatic carbocycles. The average molecular weight is 198 g/mol. The van der Waals surface area contributed by atoms with Gasteiger partial charge in [0.25, 0.3) is 0 Å². The van der Waals surface area contributed by atoms with Crippen LogP contribution in [-0.2, 0) is 0 Å². The summed E-state index contributed by atoms with van der Waals surface area (Å²) in [5.74, 6) is 0. The van der Waals surface area contributed by atoms with Crippen molar-refractivity contribution < 1.29 is 0 Å². The monoisotopic (exact) mass is 197 g/mol. The number of nitrogens with one attached hydrogen (secondary N) is 1. The number of hydrogen-bond acceptors (Lipinski definition) is 1. The normalized spacial score (nSPS) is 11.5. The minimum absolute atomic E-state index is 0.0788. The molecule has 0 unspecified atom stereocenters. The van der Waals surface area contributed by atoms with E-state index in [9.17, 15) is 0 Å². The number of anilines is 1. The van der Waals surface area contributed by atoms with Crippen molar-refractivity contribution in [3.63, 3.8) is 0 Å². The highest BCUT2D eigenvalue weighted by Crippen LogP contribution is 2.23. The van der Waals surface area contributed by atoms with Gasteiger partial charge in [-0.15, -0.1) is 0 Å². The van der Waals surface area contributed by atoms with Crippen LogP contribution >= 0.6 is 11.6 Å². The maximum atomic E-state index is 5.91. The molecule has 0 heterocycles. The molecule has 0 atom stereocenters. The number of aryl methyl sites for hydroxylation is 1. The average Bonchev–Trinajstić information content (AvgIpc) is 1.94. The van der Waals surface area contributed by atoms with Gasteiger partial charge >= 0.3 is 0 Å². The van der Waals surface area contributed by atoms with E-state index in [0.29, 0.717) is 0 Å².